The summed E-state index contributed by atoms with van der Waals surface area (Å²) >= 11 is 0. The summed E-state index contributed by atoms with van der Waals surface area (Å²) in [5, 5.41) is 8.74. The van der Waals surface area contributed by atoms with Gasteiger partial charge in [-0.3, -0.25) is 0 Å². The van der Waals surface area contributed by atoms with E-state index in [-0.39, 0.29) is 10.8 Å². The number of fused-ring (bicyclic) bond motifs is 2. The molecule has 0 radical (unpaired) electrons. The first-order chi connectivity index (χ1) is 14.1. The van der Waals surface area contributed by atoms with Crippen molar-refractivity contribution < 1.29 is 17.9 Å². The second kappa shape index (κ2) is 7.46. The summed E-state index contributed by atoms with van der Waals surface area (Å²) < 4.78 is 38.9. The lowest BCUT2D eigenvalue weighted by Crippen LogP contribution is -2.52. The Morgan fingerprint density at radius 3 is 2.69 bits per heavy atom. The molecule has 0 bridgehead atoms. The standard InChI is InChI=1S/C20H24N4O4S/c25-29(26,16-5-6-18-19(10-16)28-8-7-27-18)21-11-14-12-24(13-14)20-9-15-3-1-2-4-17(15)22-23-20/h5-6,9-10,14,21H,1-4,7-8,11-13H2. The van der Waals surface area contributed by atoms with Crippen molar-refractivity contribution in [1.29, 1.82) is 0 Å². The van der Waals surface area contributed by atoms with Crippen LogP contribution in [0.4, 0.5) is 5.82 Å². The Labute approximate surface area is 170 Å². The molecule has 1 aliphatic carbocycles. The monoisotopic (exact) mass is 416 g/mol. The van der Waals surface area contributed by atoms with Crippen molar-refractivity contribution in [1.82, 2.24) is 14.9 Å². The molecule has 0 saturated carbocycles. The van der Waals surface area contributed by atoms with Crippen LogP contribution in [-0.2, 0) is 22.9 Å². The van der Waals surface area contributed by atoms with Crippen LogP contribution in [0.1, 0.15) is 24.1 Å². The third-order valence-corrected chi connectivity index (χ3v) is 7.15. The van der Waals surface area contributed by atoms with Gasteiger partial charge in [0.05, 0.1) is 10.6 Å². The largest absolute Gasteiger partial charge is 0.486 e. The van der Waals surface area contributed by atoms with E-state index in [1.165, 1.54) is 24.5 Å². The second-order valence-corrected chi connectivity index (χ2v) is 9.58. The predicted octanol–water partition coefficient (Wildman–Crippen LogP) is 1.54. The predicted molar refractivity (Wildman–Crippen MR) is 107 cm³/mol. The van der Waals surface area contributed by atoms with Crippen LogP contribution in [-0.4, -0.2) is 51.5 Å². The summed E-state index contributed by atoms with van der Waals surface area (Å²) in [6, 6.07) is 6.86. The molecule has 1 aromatic carbocycles. The van der Waals surface area contributed by atoms with Gasteiger partial charge in [-0.05, 0) is 49.4 Å². The average Bonchev–Trinajstić information content (AvgIpc) is 2.72. The van der Waals surface area contributed by atoms with Crippen LogP contribution >= 0.6 is 0 Å². The van der Waals surface area contributed by atoms with Crippen molar-refractivity contribution >= 4 is 15.8 Å². The molecular weight excluding hydrogens is 392 g/mol. The van der Waals surface area contributed by atoms with Gasteiger partial charge in [-0.15, -0.1) is 5.10 Å². The Morgan fingerprint density at radius 2 is 1.83 bits per heavy atom. The second-order valence-electron chi connectivity index (χ2n) is 7.81. The van der Waals surface area contributed by atoms with E-state index < -0.39 is 10.0 Å². The molecule has 154 valence electrons. The molecule has 1 N–H and O–H groups in total. The number of benzene rings is 1. The third kappa shape index (κ3) is 3.76. The fourth-order valence-corrected chi connectivity index (χ4v) is 5.15. The van der Waals surface area contributed by atoms with Gasteiger partial charge < -0.3 is 14.4 Å². The highest BCUT2D eigenvalue weighted by molar-refractivity contribution is 7.89. The van der Waals surface area contributed by atoms with E-state index in [2.05, 4.69) is 25.9 Å². The van der Waals surface area contributed by atoms with E-state index in [0.29, 0.717) is 31.3 Å². The van der Waals surface area contributed by atoms with Crippen LogP contribution in [0.3, 0.4) is 0 Å². The van der Waals surface area contributed by atoms with Gasteiger partial charge in [0.15, 0.2) is 17.3 Å². The lowest BCUT2D eigenvalue weighted by molar-refractivity contribution is 0.171. The molecule has 2 aromatic rings. The first kappa shape index (κ1) is 18.6. The summed E-state index contributed by atoms with van der Waals surface area (Å²) in [6.45, 7) is 2.84. The van der Waals surface area contributed by atoms with Crippen molar-refractivity contribution in [3.05, 3.63) is 35.5 Å². The Bertz CT molecular complexity index is 1020. The lowest BCUT2D eigenvalue weighted by Gasteiger charge is -2.40. The molecule has 2 aliphatic heterocycles. The number of aryl methyl sites for hydroxylation is 2. The maximum absolute atomic E-state index is 12.6. The maximum atomic E-state index is 12.6. The zero-order valence-corrected chi connectivity index (χ0v) is 17.0. The highest BCUT2D eigenvalue weighted by Crippen LogP contribution is 2.32. The SMILES string of the molecule is O=S(=O)(NCC1CN(c2cc3c(nn2)CCCC3)C1)c1ccc2c(c1)OCCO2. The molecule has 0 spiro atoms. The van der Waals surface area contributed by atoms with Crippen molar-refractivity contribution in [2.24, 2.45) is 5.92 Å². The number of aromatic nitrogens is 2. The quantitative estimate of drug-likeness (QED) is 0.790. The zero-order chi connectivity index (χ0) is 19.8. The van der Waals surface area contributed by atoms with Crippen molar-refractivity contribution in [2.75, 3.05) is 37.7 Å². The summed E-state index contributed by atoms with van der Waals surface area (Å²) in [5.74, 6) is 2.20. The van der Waals surface area contributed by atoms with E-state index in [0.717, 1.165) is 37.4 Å². The molecule has 9 heteroatoms. The molecule has 0 unspecified atom stereocenters. The molecule has 5 rings (SSSR count). The summed E-state index contributed by atoms with van der Waals surface area (Å²) in [7, 11) is -3.59. The van der Waals surface area contributed by atoms with E-state index >= 15 is 0 Å². The molecule has 1 saturated heterocycles. The zero-order valence-electron chi connectivity index (χ0n) is 16.1. The first-order valence-corrected chi connectivity index (χ1v) is 11.6. The average molecular weight is 417 g/mol. The molecule has 3 heterocycles. The van der Waals surface area contributed by atoms with Gasteiger partial charge in [0.2, 0.25) is 10.0 Å². The van der Waals surface area contributed by atoms with Gasteiger partial charge >= 0.3 is 0 Å². The minimum atomic E-state index is -3.59. The van der Waals surface area contributed by atoms with Gasteiger partial charge in [-0.25, -0.2) is 13.1 Å². The highest BCUT2D eigenvalue weighted by atomic mass is 32.2. The van der Waals surface area contributed by atoms with Crippen molar-refractivity contribution in [2.45, 2.75) is 30.6 Å². The van der Waals surface area contributed by atoms with Crippen LogP contribution < -0.4 is 19.1 Å². The fraction of sp³-hybridized carbons (Fsp3) is 0.500. The minimum Gasteiger partial charge on any atom is -0.486 e. The van der Waals surface area contributed by atoms with E-state index in [9.17, 15) is 8.42 Å². The number of hydrogen-bond donors (Lipinski definition) is 1. The van der Waals surface area contributed by atoms with Gasteiger partial charge in [0.25, 0.3) is 0 Å². The van der Waals surface area contributed by atoms with Crippen LogP contribution in [0.2, 0.25) is 0 Å². The van der Waals surface area contributed by atoms with E-state index in [4.69, 9.17) is 9.47 Å². The number of nitrogens with zero attached hydrogens (tertiary/aromatic N) is 3. The topological polar surface area (TPSA) is 93.7 Å². The van der Waals surface area contributed by atoms with Gasteiger partial charge in [-0.1, -0.05) is 0 Å². The Kier molecular flexibility index (Phi) is 4.79. The molecule has 1 fully saturated rings. The molecule has 3 aliphatic rings. The number of nitrogens with one attached hydrogen (secondary N) is 1. The van der Waals surface area contributed by atoms with Gasteiger partial charge in [0.1, 0.15) is 13.2 Å². The van der Waals surface area contributed by atoms with E-state index in [1.807, 2.05) is 0 Å². The number of hydrogen-bond acceptors (Lipinski definition) is 7. The van der Waals surface area contributed by atoms with Gasteiger partial charge in [-0.2, -0.15) is 5.10 Å². The lowest BCUT2D eigenvalue weighted by atomic mass is 9.96. The summed E-state index contributed by atoms with van der Waals surface area (Å²) in [5.41, 5.74) is 2.44. The molecule has 1 aromatic heterocycles. The first-order valence-electron chi connectivity index (χ1n) is 10.1. The number of sulfonamides is 1. The molecule has 29 heavy (non-hydrogen) atoms. The summed E-state index contributed by atoms with van der Waals surface area (Å²) in [6.07, 6.45) is 4.50. The third-order valence-electron chi connectivity index (χ3n) is 5.72. The molecule has 0 atom stereocenters. The minimum absolute atomic E-state index is 0.193. The van der Waals surface area contributed by atoms with Crippen LogP contribution in [0.25, 0.3) is 0 Å². The van der Waals surface area contributed by atoms with Crippen molar-refractivity contribution in [3.63, 3.8) is 0 Å². The summed E-state index contributed by atoms with van der Waals surface area (Å²) in [4.78, 5) is 2.35. The van der Waals surface area contributed by atoms with Crippen molar-refractivity contribution in [3.8, 4) is 11.5 Å². The Balaban J connectivity index is 1.18. The number of anilines is 1. The van der Waals surface area contributed by atoms with Crippen LogP contribution in [0.5, 0.6) is 11.5 Å². The Hall–Kier alpha value is -2.39. The Morgan fingerprint density at radius 1 is 1.03 bits per heavy atom. The molecular formula is C20H24N4O4S. The molecule has 8 nitrogen and oxygen atoms in total. The van der Waals surface area contributed by atoms with E-state index in [1.54, 1.807) is 12.1 Å². The fourth-order valence-electron chi connectivity index (χ4n) is 4.02. The maximum Gasteiger partial charge on any atom is 0.240 e. The highest BCUT2D eigenvalue weighted by Gasteiger charge is 2.30. The van der Waals surface area contributed by atoms with Gasteiger partial charge in [0, 0.05) is 31.6 Å². The number of ether oxygens (including phenoxy) is 2. The van der Waals surface area contributed by atoms with Crippen LogP contribution in [0, 0.1) is 5.92 Å². The van der Waals surface area contributed by atoms with Crippen LogP contribution in [0.15, 0.2) is 29.2 Å². The normalized spacial score (nSPS) is 18.8. The smallest absolute Gasteiger partial charge is 0.240 e. The number of rotatable bonds is 5. The molecule has 0 amide bonds.